The molecule has 2 saturated carbocycles. The Balaban J connectivity index is 1.72. The Hall–Kier alpha value is -1.16. The summed E-state index contributed by atoms with van der Waals surface area (Å²) in [5, 5.41) is 3.58. The lowest BCUT2D eigenvalue weighted by Crippen LogP contribution is -2.30. The third kappa shape index (κ3) is 2.66. The van der Waals surface area contributed by atoms with Gasteiger partial charge in [0.2, 0.25) is 0 Å². The predicted octanol–water partition coefficient (Wildman–Crippen LogP) is 3.26. The topological polar surface area (TPSA) is 50.9 Å². The molecule has 0 aromatic carbocycles. The molecule has 1 aromatic heterocycles. The van der Waals surface area contributed by atoms with E-state index in [1.165, 1.54) is 25.7 Å². The summed E-state index contributed by atoms with van der Waals surface area (Å²) in [5.74, 6) is 3.60. The Morgan fingerprint density at radius 1 is 1.40 bits per heavy atom. The van der Waals surface area contributed by atoms with E-state index < -0.39 is 0 Å². The Morgan fingerprint density at radius 3 is 2.80 bits per heavy atom. The van der Waals surface area contributed by atoms with Gasteiger partial charge in [0.1, 0.15) is 10.8 Å². The zero-order valence-electron chi connectivity index (χ0n) is 12.2. The quantitative estimate of drug-likeness (QED) is 0.835. The van der Waals surface area contributed by atoms with E-state index in [1.807, 2.05) is 19.1 Å². The van der Waals surface area contributed by atoms with Crippen LogP contribution in [0.1, 0.15) is 43.9 Å². The van der Waals surface area contributed by atoms with E-state index in [4.69, 9.17) is 18.0 Å². The Bertz CT molecular complexity index is 528. The van der Waals surface area contributed by atoms with Crippen LogP contribution in [0.5, 0.6) is 0 Å². The van der Waals surface area contributed by atoms with Crippen LogP contribution in [0.15, 0.2) is 12.1 Å². The van der Waals surface area contributed by atoms with Crippen LogP contribution in [0.4, 0.5) is 5.82 Å². The molecule has 3 nitrogen and oxygen atoms in total. The normalized spacial score (nSPS) is 29.4. The summed E-state index contributed by atoms with van der Waals surface area (Å²) < 4.78 is 0. The van der Waals surface area contributed by atoms with Crippen molar-refractivity contribution in [2.45, 2.75) is 45.6 Å². The first-order valence-corrected chi connectivity index (χ1v) is 7.99. The van der Waals surface area contributed by atoms with Crippen LogP contribution in [-0.2, 0) is 0 Å². The molecule has 20 heavy (non-hydrogen) atoms. The Kier molecular flexibility index (Phi) is 3.67. The fourth-order valence-corrected chi connectivity index (χ4v) is 4.25. The monoisotopic (exact) mass is 289 g/mol. The molecule has 1 heterocycles. The van der Waals surface area contributed by atoms with Crippen LogP contribution >= 0.6 is 12.2 Å². The number of nitrogens with two attached hydrogens (primary N) is 1. The number of thiocarbonyl (C=S) groups is 1. The second kappa shape index (κ2) is 5.32. The van der Waals surface area contributed by atoms with Gasteiger partial charge >= 0.3 is 0 Å². The molecule has 2 aliphatic carbocycles. The molecule has 0 radical (unpaired) electrons. The van der Waals surface area contributed by atoms with Gasteiger partial charge in [-0.3, -0.25) is 0 Å². The van der Waals surface area contributed by atoms with Crippen molar-refractivity contribution in [2.24, 2.45) is 23.5 Å². The van der Waals surface area contributed by atoms with E-state index >= 15 is 0 Å². The number of hydrogen-bond donors (Lipinski definition) is 2. The van der Waals surface area contributed by atoms with E-state index in [0.29, 0.717) is 11.0 Å². The van der Waals surface area contributed by atoms with Crippen LogP contribution in [0.3, 0.4) is 0 Å². The van der Waals surface area contributed by atoms with Gasteiger partial charge in [0.15, 0.2) is 0 Å². The van der Waals surface area contributed by atoms with Gasteiger partial charge in [-0.15, -0.1) is 0 Å². The van der Waals surface area contributed by atoms with Gasteiger partial charge in [0.25, 0.3) is 0 Å². The molecule has 3 N–H and O–H groups in total. The van der Waals surface area contributed by atoms with Crippen molar-refractivity contribution in [1.29, 1.82) is 0 Å². The lowest BCUT2D eigenvalue weighted by molar-refractivity contribution is 0.304. The number of pyridine rings is 1. The molecule has 0 aliphatic heterocycles. The summed E-state index contributed by atoms with van der Waals surface area (Å²) in [5.41, 5.74) is 7.58. The molecule has 4 atom stereocenters. The molecule has 3 rings (SSSR count). The highest BCUT2D eigenvalue weighted by Crippen LogP contribution is 2.49. The molecule has 2 fully saturated rings. The highest BCUT2D eigenvalue weighted by Gasteiger charge is 2.41. The van der Waals surface area contributed by atoms with Crippen LogP contribution in [0, 0.1) is 24.7 Å². The van der Waals surface area contributed by atoms with E-state index in [1.54, 1.807) is 0 Å². The number of aryl methyl sites for hydroxylation is 1. The maximum atomic E-state index is 5.73. The number of fused-ring (bicyclic) bond motifs is 2. The minimum Gasteiger partial charge on any atom is -0.389 e. The molecule has 0 spiro atoms. The van der Waals surface area contributed by atoms with Crippen molar-refractivity contribution >= 4 is 23.0 Å². The number of rotatable bonds is 4. The summed E-state index contributed by atoms with van der Waals surface area (Å²) in [6, 6.07) is 4.38. The average molecular weight is 289 g/mol. The second-order valence-electron chi connectivity index (χ2n) is 6.52. The average Bonchev–Trinajstić information content (AvgIpc) is 3.00. The van der Waals surface area contributed by atoms with Crippen LogP contribution < -0.4 is 11.1 Å². The fourth-order valence-electron chi connectivity index (χ4n) is 4.13. The van der Waals surface area contributed by atoms with Gasteiger partial charge in [-0.1, -0.05) is 18.6 Å². The lowest BCUT2D eigenvalue weighted by Gasteiger charge is -2.29. The van der Waals surface area contributed by atoms with E-state index in [0.717, 1.165) is 34.8 Å². The van der Waals surface area contributed by atoms with E-state index in [9.17, 15) is 0 Å². The van der Waals surface area contributed by atoms with Crippen molar-refractivity contribution in [3.8, 4) is 0 Å². The van der Waals surface area contributed by atoms with Gasteiger partial charge in [-0.25, -0.2) is 4.98 Å². The maximum Gasteiger partial charge on any atom is 0.127 e. The number of aromatic nitrogens is 1. The largest absolute Gasteiger partial charge is 0.389 e. The van der Waals surface area contributed by atoms with Crippen LogP contribution in [0.25, 0.3) is 0 Å². The molecule has 4 unspecified atom stereocenters. The summed E-state index contributed by atoms with van der Waals surface area (Å²) in [6.07, 6.45) is 5.69. The first kappa shape index (κ1) is 13.8. The first-order chi connectivity index (χ1) is 9.52. The summed E-state index contributed by atoms with van der Waals surface area (Å²) in [6.45, 7) is 4.27. The minimum absolute atomic E-state index is 0.436. The lowest BCUT2D eigenvalue weighted by atomic mass is 9.84. The first-order valence-electron chi connectivity index (χ1n) is 7.58. The zero-order chi connectivity index (χ0) is 14.3. The zero-order valence-corrected chi connectivity index (χ0v) is 13.0. The number of anilines is 1. The SMILES string of the molecule is Cc1cc(C(N)=S)cc(NC(C)C2CC3CCC2C3)n1. The summed E-state index contributed by atoms with van der Waals surface area (Å²) in [7, 11) is 0. The highest BCUT2D eigenvalue weighted by atomic mass is 32.1. The Labute approximate surface area is 126 Å². The molecular weight excluding hydrogens is 266 g/mol. The second-order valence-corrected chi connectivity index (χ2v) is 6.96. The van der Waals surface area contributed by atoms with Crippen molar-refractivity contribution < 1.29 is 0 Å². The smallest absolute Gasteiger partial charge is 0.127 e. The highest BCUT2D eigenvalue weighted by molar-refractivity contribution is 7.80. The molecule has 2 bridgehead atoms. The third-order valence-electron chi connectivity index (χ3n) is 5.05. The van der Waals surface area contributed by atoms with Crippen molar-refractivity contribution in [1.82, 2.24) is 4.98 Å². The number of nitrogens with zero attached hydrogens (tertiary/aromatic N) is 1. The predicted molar refractivity (Wildman–Crippen MR) is 86.9 cm³/mol. The number of nitrogens with one attached hydrogen (secondary N) is 1. The van der Waals surface area contributed by atoms with Gasteiger partial charge < -0.3 is 11.1 Å². The minimum atomic E-state index is 0.436. The van der Waals surface area contributed by atoms with Crippen molar-refractivity contribution in [3.05, 3.63) is 23.4 Å². The van der Waals surface area contributed by atoms with Gasteiger partial charge in [-0.05, 0) is 63.0 Å². The molecular formula is C16H23N3S. The fraction of sp³-hybridized carbons (Fsp3) is 0.625. The van der Waals surface area contributed by atoms with Gasteiger partial charge in [0.05, 0.1) is 0 Å². The third-order valence-corrected chi connectivity index (χ3v) is 5.28. The number of hydrogen-bond acceptors (Lipinski definition) is 3. The van der Waals surface area contributed by atoms with Crippen molar-refractivity contribution in [3.63, 3.8) is 0 Å². The molecule has 0 amide bonds. The molecule has 2 aliphatic rings. The Morgan fingerprint density at radius 2 is 2.20 bits per heavy atom. The van der Waals surface area contributed by atoms with Gasteiger partial charge in [0, 0.05) is 17.3 Å². The molecule has 0 saturated heterocycles. The van der Waals surface area contributed by atoms with Crippen LogP contribution in [-0.4, -0.2) is 16.0 Å². The van der Waals surface area contributed by atoms with Gasteiger partial charge in [-0.2, -0.15) is 0 Å². The molecule has 4 heteroatoms. The molecule has 1 aromatic rings. The van der Waals surface area contributed by atoms with Crippen molar-refractivity contribution in [2.75, 3.05) is 5.32 Å². The van der Waals surface area contributed by atoms with Crippen LogP contribution in [0.2, 0.25) is 0 Å². The standard InChI is InChI=1S/C16H23N3S/c1-9-5-13(16(17)20)8-15(18-9)19-10(2)14-7-11-3-4-12(14)6-11/h5,8,10-12,14H,3-4,6-7H2,1-2H3,(H2,17,20)(H,18,19). The van der Waals surface area contributed by atoms with E-state index in [2.05, 4.69) is 17.2 Å². The maximum absolute atomic E-state index is 5.73. The summed E-state index contributed by atoms with van der Waals surface area (Å²) in [4.78, 5) is 5.00. The molecule has 108 valence electrons. The van der Waals surface area contributed by atoms with E-state index in [-0.39, 0.29) is 0 Å². The summed E-state index contributed by atoms with van der Waals surface area (Å²) >= 11 is 5.07.